The maximum atomic E-state index is 12.9. The Kier molecular flexibility index (Phi) is 6.80. The molecule has 4 aromatic rings. The number of esters is 1. The second kappa shape index (κ2) is 10.3. The number of carbonyl (C=O) groups excluding carboxylic acids is 3. The molecule has 0 aliphatic rings. The minimum atomic E-state index is -1.05. The Morgan fingerprint density at radius 2 is 1.52 bits per heavy atom. The number of ketones is 1. The monoisotopic (exact) mass is 442 g/mol. The fourth-order valence-electron chi connectivity index (χ4n) is 3.43. The molecule has 1 heterocycles. The van der Waals surface area contributed by atoms with E-state index in [-0.39, 0.29) is 12.2 Å². The van der Waals surface area contributed by atoms with Crippen molar-refractivity contribution in [2.75, 3.05) is 6.61 Å². The van der Waals surface area contributed by atoms with Crippen molar-refractivity contribution in [2.45, 2.75) is 12.5 Å². The zero-order valence-electron chi connectivity index (χ0n) is 17.7. The van der Waals surface area contributed by atoms with Crippen molar-refractivity contribution in [3.05, 3.63) is 102 Å². The molecule has 1 amide bonds. The Hall–Kier alpha value is -4.39. The van der Waals surface area contributed by atoms with Crippen LogP contribution in [0.25, 0.3) is 10.9 Å². The highest BCUT2D eigenvalue weighted by molar-refractivity contribution is 5.98. The first kappa shape index (κ1) is 21.8. The summed E-state index contributed by atoms with van der Waals surface area (Å²) in [5.41, 5.74) is 2.17. The summed E-state index contributed by atoms with van der Waals surface area (Å²) in [5, 5.41) is 3.50. The summed E-state index contributed by atoms with van der Waals surface area (Å²) in [4.78, 5) is 40.8. The summed E-state index contributed by atoms with van der Waals surface area (Å²) >= 11 is 0. The summed E-state index contributed by atoms with van der Waals surface area (Å²) in [6.07, 6.45) is 1.15. The molecule has 2 N–H and O–H groups in total. The van der Waals surface area contributed by atoms with Crippen LogP contribution < -0.4 is 10.1 Å². The highest BCUT2D eigenvalue weighted by Crippen LogP contribution is 2.20. The first-order valence-corrected chi connectivity index (χ1v) is 10.4. The molecular formula is C26H22N2O5. The SMILES string of the molecule is O=C(N[C@@H](Cc1c[nH]c2ccccc12)C(=O)OCC(=O)c1ccccc1)Oc1ccccc1. The molecule has 1 atom stereocenters. The molecule has 1 aromatic heterocycles. The molecule has 166 valence electrons. The standard InChI is InChI=1S/C26H22N2O5/c29-24(18-9-3-1-4-10-18)17-32-25(30)23(28-26(31)33-20-11-5-2-6-12-20)15-19-16-27-22-14-8-7-13-21(19)22/h1-14,16,23,27H,15,17H2,(H,28,31)/t23-/m0/s1. The van der Waals surface area contributed by atoms with E-state index in [1.54, 1.807) is 66.9 Å². The van der Waals surface area contributed by atoms with E-state index in [2.05, 4.69) is 10.3 Å². The molecule has 0 aliphatic heterocycles. The summed E-state index contributed by atoms with van der Waals surface area (Å²) in [6.45, 7) is -0.428. The van der Waals surface area contributed by atoms with Crippen molar-refractivity contribution >= 4 is 28.7 Å². The Morgan fingerprint density at radius 3 is 2.27 bits per heavy atom. The van der Waals surface area contributed by atoms with E-state index in [1.807, 2.05) is 24.3 Å². The first-order valence-electron chi connectivity index (χ1n) is 10.4. The molecule has 0 aliphatic carbocycles. The van der Waals surface area contributed by atoms with Gasteiger partial charge in [0.1, 0.15) is 11.8 Å². The van der Waals surface area contributed by atoms with Gasteiger partial charge >= 0.3 is 12.1 Å². The van der Waals surface area contributed by atoms with E-state index in [4.69, 9.17) is 9.47 Å². The molecule has 0 saturated carbocycles. The molecule has 0 bridgehead atoms. The third-order valence-electron chi connectivity index (χ3n) is 5.07. The summed E-state index contributed by atoms with van der Waals surface area (Å²) in [7, 11) is 0. The van der Waals surface area contributed by atoms with Crippen molar-refractivity contribution in [3.8, 4) is 5.75 Å². The van der Waals surface area contributed by atoms with Gasteiger partial charge in [0.05, 0.1) is 0 Å². The molecule has 33 heavy (non-hydrogen) atoms. The Morgan fingerprint density at radius 1 is 0.848 bits per heavy atom. The van der Waals surface area contributed by atoms with E-state index < -0.39 is 24.7 Å². The molecular weight excluding hydrogens is 420 g/mol. The number of Topliss-reactive ketones (excluding diaryl/α,β-unsaturated/α-hetero) is 1. The van der Waals surface area contributed by atoms with Gasteiger partial charge in [-0.2, -0.15) is 0 Å². The van der Waals surface area contributed by atoms with Gasteiger partial charge < -0.3 is 19.8 Å². The van der Waals surface area contributed by atoms with Crippen LogP contribution >= 0.6 is 0 Å². The average molecular weight is 442 g/mol. The molecule has 0 saturated heterocycles. The van der Waals surface area contributed by atoms with Gasteiger partial charge in [-0.15, -0.1) is 0 Å². The zero-order chi connectivity index (χ0) is 23.0. The predicted molar refractivity (Wildman–Crippen MR) is 123 cm³/mol. The van der Waals surface area contributed by atoms with Crippen molar-refractivity contribution in [2.24, 2.45) is 0 Å². The Bertz CT molecular complexity index is 1250. The number of aromatic amines is 1. The molecule has 0 radical (unpaired) electrons. The normalized spacial score (nSPS) is 11.5. The number of fused-ring (bicyclic) bond motifs is 1. The second-order valence-electron chi connectivity index (χ2n) is 7.36. The number of amides is 1. The number of hydrogen-bond donors (Lipinski definition) is 2. The maximum Gasteiger partial charge on any atom is 0.413 e. The van der Waals surface area contributed by atoms with E-state index >= 15 is 0 Å². The van der Waals surface area contributed by atoms with Crippen LogP contribution in [-0.2, 0) is 16.0 Å². The number of benzene rings is 3. The Balaban J connectivity index is 1.48. The van der Waals surface area contributed by atoms with Crippen LogP contribution in [0.15, 0.2) is 91.1 Å². The largest absolute Gasteiger partial charge is 0.456 e. The van der Waals surface area contributed by atoms with E-state index in [0.717, 1.165) is 16.5 Å². The number of rotatable bonds is 8. The van der Waals surface area contributed by atoms with Crippen molar-refractivity contribution in [1.82, 2.24) is 10.3 Å². The molecule has 4 rings (SSSR count). The third kappa shape index (κ3) is 5.65. The fourth-order valence-corrected chi connectivity index (χ4v) is 3.43. The van der Waals surface area contributed by atoms with Gasteiger partial charge in [0.25, 0.3) is 0 Å². The van der Waals surface area contributed by atoms with Crippen LogP contribution in [-0.4, -0.2) is 35.5 Å². The van der Waals surface area contributed by atoms with Crippen LogP contribution in [0.1, 0.15) is 15.9 Å². The lowest BCUT2D eigenvalue weighted by molar-refractivity contribution is -0.144. The molecule has 0 fully saturated rings. The van der Waals surface area contributed by atoms with Crippen LogP contribution in [0.2, 0.25) is 0 Å². The van der Waals surface area contributed by atoms with Crippen molar-refractivity contribution in [3.63, 3.8) is 0 Å². The third-order valence-corrected chi connectivity index (χ3v) is 5.07. The van der Waals surface area contributed by atoms with E-state index in [9.17, 15) is 14.4 Å². The second-order valence-corrected chi connectivity index (χ2v) is 7.36. The van der Waals surface area contributed by atoms with Gasteiger partial charge in [0.2, 0.25) is 0 Å². The first-order chi connectivity index (χ1) is 16.1. The zero-order valence-corrected chi connectivity index (χ0v) is 17.7. The summed E-state index contributed by atoms with van der Waals surface area (Å²) in [6, 6.07) is 23.7. The lowest BCUT2D eigenvalue weighted by Crippen LogP contribution is -2.45. The topological polar surface area (TPSA) is 97.5 Å². The molecule has 7 nitrogen and oxygen atoms in total. The average Bonchev–Trinajstić information content (AvgIpc) is 3.26. The smallest absolute Gasteiger partial charge is 0.413 e. The quantitative estimate of drug-likeness (QED) is 0.313. The van der Waals surface area contributed by atoms with Gasteiger partial charge in [0, 0.05) is 29.1 Å². The minimum absolute atomic E-state index is 0.159. The lowest BCUT2D eigenvalue weighted by Gasteiger charge is -2.17. The minimum Gasteiger partial charge on any atom is -0.456 e. The van der Waals surface area contributed by atoms with Gasteiger partial charge in [0.15, 0.2) is 12.4 Å². The number of nitrogens with one attached hydrogen (secondary N) is 2. The van der Waals surface area contributed by atoms with Gasteiger partial charge in [-0.3, -0.25) is 4.79 Å². The Labute approximate surface area is 190 Å². The maximum absolute atomic E-state index is 12.9. The van der Waals surface area contributed by atoms with E-state index in [1.165, 1.54) is 0 Å². The number of H-pyrrole nitrogens is 1. The van der Waals surface area contributed by atoms with Crippen molar-refractivity contribution in [1.29, 1.82) is 0 Å². The number of carbonyl (C=O) groups is 3. The highest BCUT2D eigenvalue weighted by atomic mass is 16.6. The van der Waals surface area contributed by atoms with Gasteiger partial charge in [-0.05, 0) is 23.8 Å². The molecule has 3 aromatic carbocycles. The van der Waals surface area contributed by atoms with E-state index in [0.29, 0.717) is 11.3 Å². The highest BCUT2D eigenvalue weighted by Gasteiger charge is 2.26. The van der Waals surface area contributed by atoms with Crippen LogP contribution in [0.3, 0.4) is 0 Å². The van der Waals surface area contributed by atoms with Crippen LogP contribution in [0.4, 0.5) is 4.79 Å². The van der Waals surface area contributed by atoms with Crippen molar-refractivity contribution < 1.29 is 23.9 Å². The van der Waals surface area contributed by atoms with Gasteiger partial charge in [-0.25, -0.2) is 9.59 Å². The molecule has 0 spiro atoms. The number of ether oxygens (including phenoxy) is 2. The summed E-state index contributed by atoms with van der Waals surface area (Å²) < 4.78 is 10.5. The number of hydrogen-bond acceptors (Lipinski definition) is 5. The molecule has 7 heteroatoms. The number of para-hydroxylation sites is 2. The summed E-state index contributed by atoms with van der Waals surface area (Å²) in [5.74, 6) is -0.718. The molecule has 0 unspecified atom stereocenters. The van der Waals surface area contributed by atoms with Gasteiger partial charge in [-0.1, -0.05) is 66.7 Å². The predicted octanol–water partition coefficient (Wildman–Crippen LogP) is 4.29. The lowest BCUT2D eigenvalue weighted by atomic mass is 10.1. The van der Waals surface area contributed by atoms with Crippen LogP contribution in [0, 0.1) is 0 Å². The number of aromatic nitrogens is 1. The fraction of sp³-hybridized carbons (Fsp3) is 0.115. The van der Waals surface area contributed by atoms with Crippen LogP contribution in [0.5, 0.6) is 5.75 Å².